The molecule has 0 saturated carbocycles. The van der Waals surface area contributed by atoms with Crippen LogP contribution in [0.2, 0.25) is 0 Å². The van der Waals surface area contributed by atoms with Crippen molar-refractivity contribution in [3.8, 4) is 11.8 Å². The molecule has 6 atom stereocenters. The molecule has 0 aliphatic heterocycles. The van der Waals surface area contributed by atoms with Gasteiger partial charge in [-0.1, -0.05) is 20.8 Å². The Balaban J connectivity index is 5.71. The Morgan fingerprint density at radius 3 is 2.03 bits per heavy atom. The highest BCUT2D eigenvalue weighted by Gasteiger charge is 2.38. The number of carbonyl (C=O) groups is 5. The van der Waals surface area contributed by atoms with Gasteiger partial charge in [0.05, 0.1) is 13.0 Å². The molecule has 0 aliphatic carbocycles. The van der Waals surface area contributed by atoms with Crippen LogP contribution in [0.5, 0.6) is 0 Å². The third kappa shape index (κ3) is 10.1. The molecular formula is C24H35ClO9. The van der Waals surface area contributed by atoms with E-state index >= 15 is 0 Å². The van der Waals surface area contributed by atoms with E-state index in [0.717, 1.165) is 0 Å². The number of carbonyl (C=O) groups excluding carboxylic acids is 5. The van der Waals surface area contributed by atoms with Gasteiger partial charge < -0.3 is 18.9 Å². The van der Waals surface area contributed by atoms with E-state index in [4.69, 9.17) is 30.5 Å². The average molecular weight is 503 g/mol. The summed E-state index contributed by atoms with van der Waals surface area (Å²) in [7, 11) is 1.23. The largest absolute Gasteiger partial charge is 0.469 e. The third-order valence-electron chi connectivity index (χ3n) is 5.26. The number of alkyl halides is 1. The molecule has 34 heavy (non-hydrogen) atoms. The fraction of sp³-hybridized carbons (Fsp3) is 0.708. The highest BCUT2D eigenvalue weighted by molar-refractivity contribution is 6.26. The zero-order valence-corrected chi connectivity index (χ0v) is 21.8. The lowest BCUT2D eigenvalue weighted by molar-refractivity contribution is -0.172. The molecule has 0 radical (unpaired) electrons. The molecule has 0 aromatic rings. The molecule has 0 rings (SSSR count). The summed E-state index contributed by atoms with van der Waals surface area (Å²) in [5, 5.41) is 0. The molecule has 9 nitrogen and oxygen atoms in total. The van der Waals surface area contributed by atoms with E-state index in [1.165, 1.54) is 27.9 Å². The summed E-state index contributed by atoms with van der Waals surface area (Å²) in [5.41, 5.74) is -1.52. The predicted molar refractivity (Wildman–Crippen MR) is 124 cm³/mol. The fourth-order valence-electron chi connectivity index (χ4n) is 3.58. The van der Waals surface area contributed by atoms with E-state index in [9.17, 15) is 24.0 Å². The Hall–Kier alpha value is -2.60. The standard InChI is InChI=1S/C24H35ClO9/c1-9-20(32-17(5)26)24(7,34-18(6)27)11-10-19(28)14(2)12-15(3)22(33-21(29)13-25)16(4)23(30)31-8/h14-16,20,22H,9,12-13H2,1-8H3/t14-,15+,16-,20-,22+,24+/m1/s1. The Morgan fingerprint density at radius 1 is 1.00 bits per heavy atom. The van der Waals surface area contributed by atoms with Gasteiger partial charge in [-0.05, 0) is 44.4 Å². The van der Waals surface area contributed by atoms with Gasteiger partial charge in [-0.2, -0.15) is 0 Å². The van der Waals surface area contributed by atoms with Gasteiger partial charge in [0, 0.05) is 19.8 Å². The van der Waals surface area contributed by atoms with Crippen molar-refractivity contribution in [2.75, 3.05) is 13.0 Å². The van der Waals surface area contributed by atoms with E-state index in [1.807, 2.05) is 0 Å². The molecule has 0 aliphatic rings. The number of rotatable bonds is 12. The van der Waals surface area contributed by atoms with Crippen molar-refractivity contribution in [1.29, 1.82) is 0 Å². The maximum atomic E-state index is 12.8. The molecule has 0 aromatic carbocycles. The topological polar surface area (TPSA) is 122 Å². The summed E-state index contributed by atoms with van der Waals surface area (Å²) < 4.78 is 20.6. The van der Waals surface area contributed by atoms with Crippen LogP contribution < -0.4 is 0 Å². The molecule has 0 bridgehead atoms. The number of hydrogen-bond acceptors (Lipinski definition) is 9. The average Bonchev–Trinajstić information content (AvgIpc) is 2.77. The minimum absolute atomic E-state index is 0.237. The molecule has 10 heteroatoms. The number of methoxy groups -OCH3 is 1. The SMILES string of the molecule is CC[C@@H](OC(C)=O)[C@](C)(C#CC(=O)[C@H](C)C[C@H](C)[C@H](OC(=O)CCl)[C@@H](C)C(=O)OC)OC(C)=O. The molecule has 0 heterocycles. The van der Waals surface area contributed by atoms with E-state index in [2.05, 4.69) is 11.8 Å². The number of halogens is 1. The summed E-state index contributed by atoms with van der Waals surface area (Å²) in [5.74, 6) is 0.0475. The molecule has 0 fully saturated rings. The second-order valence-corrected chi connectivity index (χ2v) is 8.60. The van der Waals surface area contributed by atoms with Crippen LogP contribution in [-0.2, 0) is 42.9 Å². The van der Waals surface area contributed by atoms with Crippen LogP contribution in [0.15, 0.2) is 0 Å². The second-order valence-electron chi connectivity index (χ2n) is 8.34. The van der Waals surface area contributed by atoms with Gasteiger partial charge in [0.2, 0.25) is 11.4 Å². The van der Waals surface area contributed by atoms with Crippen LogP contribution in [0.1, 0.15) is 61.3 Å². The number of ketones is 1. The summed E-state index contributed by atoms with van der Waals surface area (Å²) in [6.45, 7) is 10.6. The maximum absolute atomic E-state index is 12.8. The predicted octanol–water partition coefficient (Wildman–Crippen LogP) is 2.84. The minimum atomic E-state index is -1.52. The van der Waals surface area contributed by atoms with E-state index in [0.29, 0.717) is 6.42 Å². The second kappa shape index (κ2) is 14.6. The van der Waals surface area contributed by atoms with Crippen LogP contribution >= 0.6 is 11.6 Å². The smallest absolute Gasteiger partial charge is 0.321 e. The molecule has 0 saturated heterocycles. The van der Waals surface area contributed by atoms with Crippen molar-refractivity contribution in [1.82, 2.24) is 0 Å². The first kappa shape index (κ1) is 31.4. The van der Waals surface area contributed by atoms with Crippen LogP contribution in [-0.4, -0.2) is 60.5 Å². The molecule has 0 aromatic heterocycles. The van der Waals surface area contributed by atoms with E-state index < -0.39 is 65.2 Å². The minimum Gasteiger partial charge on any atom is -0.469 e. The van der Waals surface area contributed by atoms with E-state index in [-0.39, 0.29) is 12.3 Å². The van der Waals surface area contributed by atoms with Crippen LogP contribution in [0.4, 0.5) is 0 Å². The Morgan fingerprint density at radius 2 is 1.59 bits per heavy atom. The van der Waals surface area contributed by atoms with E-state index in [1.54, 1.807) is 27.7 Å². The van der Waals surface area contributed by atoms with Crippen molar-refractivity contribution >= 4 is 41.3 Å². The summed E-state index contributed by atoms with van der Waals surface area (Å²) in [6, 6.07) is 0. The van der Waals surface area contributed by atoms with Crippen molar-refractivity contribution in [2.45, 2.75) is 79.1 Å². The lowest BCUT2D eigenvalue weighted by Gasteiger charge is -2.31. The molecule has 0 unspecified atom stereocenters. The normalized spacial score (nSPS) is 16.7. The first-order valence-corrected chi connectivity index (χ1v) is 11.5. The van der Waals surface area contributed by atoms with Crippen LogP contribution in [0.25, 0.3) is 0 Å². The zero-order chi connectivity index (χ0) is 26.6. The quantitative estimate of drug-likeness (QED) is 0.130. The van der Waals surface area contributed by atoms with Gasteiger partial charge >= 0.3 is 23.9 Å². The number of Topliss-reactive ketones (excluding diaryl/α,β-unsaturated/α-hetero) is 1. The Labute approximate surface area is 206 Å². The van der Waals surface area contributed by atoms with Gasteiger partial charge in [0.25, 0.3) is 0 Å². The molecule has 0 N–H and O–H groups in total. The van der Waals surface area contributed by atoms with Gasteiger partial charge in [0.1, 0.15) is 12.0 Å². The lowest BCUT2D eigenvalue weighted by atomic mass is 9.85. The van der Waals surface area contributed by atoms with Crippen LogP contribution in [0, 0.1) is 29.6 Å². The first-order valence-electron chi connectivity index (χ1n) is 11.0. The van der Waals surface area contributed by atoms with Crippen molar-refractivity contribution in [3.05, 3.63) is 0 Å². The van der Waals surface area contributed by atoms with Gasteiger partial charge in [-0.15, -0.1) is 11.6 Å². The highest BCUT2D eigenvalue weighted by Crippen LogP contribution is 2.26. The van der Waals surface area contributed by atoms with Crippen molar-refractivity contribution in [2.24, 2.45) is 17.8 Å². The molecule has 192 valence electrons. The monoisotopic (exact) mass is 502 g/mol. The Bertz CT molecular complexity index is 813. The molecular weight excluding hydrogens is 468 g/mol. The molecule has 0 amide bonds. The fourth-order valence-corrected chi connectivity index (χ4v) is 3.64. The third-order valence-corrected chi connectivity index (χ3v) is 5.48. The van der Waals surface area contributed by atoms with Gasteiger partial charge in [-0.25, -0.2) is 0 Å². The number of ether oxygens (including phenoxy) is 4. The maximum Gasteiger partial charge on any atom is 0.321 e. The summed E-state index contributed by atoms with van der Waals surface area (Å²) in [6.07, 6.45) is -1.19. The molecule has 0 spiro atoms. The Kier molecular flexibility index (Phi) is 13.5. The summed E-state index contributed by atoms with van der Waals surface area (Å²) >= 11 is 5.53. The highest BCUT2D eigenvalue weighted by atomic mass is 35.5. The van der Waals surface area contributed by atoms with Crippen LogP contribution in [0.3, 0.4) is 0 Å². The van der Waals surface area contributed by atoms with Gasteiger partial charge in [0.15, 0.2) is 6.10 Å². The van der Waals surface area contributed by atoms with Gasteiger partial charge in [-0.3, -0.25) is 24.0 Å². The number of esters is 4. The summed E-state index contributed by atoms with van der Waals surface area (Å²) in [4.78, 5) is 59.6. The zero-order valence-electron chi connectivity index (χ0n) is 21.1. The first-order chi connectivity index (χ1) is 15.7. The lowest BCUT2D eigenvalue weighted by Crippen LogP contribution is -2.44. The van der Waals surface area contributed by atoms with Crippen molar-refractivity contribution in [3.63, 3.8) is 0 Å². The number of hydrogen-bond donors (Lipinski definition) is 0. The van der Waals surface area contributed by atoms with Crippen molar-refractivity contribution < 1.29 is 42.9 Å².